The molecule has 0 saturated heterocycles. The molecule has 0 fully saturated rings. The van der Waals surface area contributed by atoms with Crippen LogP contribution in [0.15, 0.2) is 18.2 Å². The molecule has 0 bridgehead atoms. The van der Waals surface area contributed by atoms with E-state index in [2.05, 4.69) is 0 Å². The van der Waals surface area contributed by atoms with Crippen LogP contribution in [0.5, 0.6) is 11.5 Å². The molecule has 0 aliphatic heterocycles. The van der Waals surface area contributed by atoms with Crippen molar-refractivity contribution in [1.29, 1.82) is 0 Å². The number of alkyl halides is 3. The van der Waals surface area contributed by atoms with Crippen LogP contribution >= 0.6 is 11.8 Å². The molecule has 0 saturated carbocycles. The quantitative estimate of drug-likeness (QED) is 0.818. The maximum atomic E-state index is 11.9. The highest BCUT2D eigenvalue weighted by atomic mass is 32.2. The molecule has 0 aliphatic carbocycles. The zero-order chi connectivity index (χ0) is 14.5. The third kappa shape index (κ3) is 5.29. The van der Waals surface area contributed by atoms with Crippen molar-refractivity contribution >= 4 is 17.7 Å². The molecule has 0 unspecified atom stereocenters. The molecule has 0 atom stereocenters. The molecule has 1 rings (SSSR count). The van der Waals surface area contributed by atoms with Crippen LogP contribution in [0.2, 0.25) is 0 Å². The Morgan fingerprint density at radius 3 is 2.58 bits per heavy atom. The highest BCUT2D eigenvalue weighted by Crippen LogP contribution is 2.31. The first-order valence-corrected chi connectivity index (χ1v) is 6.07. The van der Waals surface area contributed by atoms with Gasteiger partial charge in [-0.2, -0.15) is 13.2 Å². The van der Waals surface area contributed by atoms with Crippen LogP contribution in [0.25, 0.3) is 0 Å². The highest BCUT2D eigenvalue weighted by molar-refractivity contribution is 8.00. The van der Waals surface area contributed by atoms with Crippen molar-refractivity contribution in [3.8, 4) is 11.5 Å². The van der Waals surface area contributed by atoms with Crippen molar-refractivity contribution in [1.82, 2.24) is 0 Å². The largest absolute Gasteiger partial charge is 0.493 e. The SMILES string of the molecule is COc1ccc(C(=O)O)cc1OCCSC(F)(F)F. The van der Waals surface area contributed by atoms with Crippen molar-refractivity contribution < 1.29 is 32.5 Å². The number of ether oxygens (including phenoxy) is 2. The second-order valence-corrected chi connectivity index (χ2v) is 4.47. The Labute approximate surface area is 111 Å². The van der Waals surface area contributed by atoms with Gasteiger partial charge < -0.3 is 14.6 Å². The number of thioether (sulfide) groups is 1. The molecular formula is C11H11F3O4S. The minimum Gasteiger partial charge on any atom is -0.493 e. The van der Waals surface area contributed by atoms with Crippen molar-refractivity contribution in [2.45, 2.75) is 5.51 Å². The monoisotopic (exact) mass is 296 g/mol. The standard InChI is InChI=1S/C11H11F3O4S/c1-17-8-3-2-7(10(15)16)6-9(8)18-4-5-19-11(12,13)14/h2-3,6H,4-5H2,1H3,(H,15,16). The Hall–Kier alpha value is -1.57. The first-order chi connectivity index (χ1) is 8.83. The minimum absolute atomic E-state index is 0.0284. The Kier molecular flexibility index (Phi) is 5.34. The van der Waals surface area contributed by atoms with Crippen molar-refractivity contribution in [3.05, 3.63) is 23.8 Å². The van der Waals surface area contributed by atoms with Gasteiger partial charge in [0.05, 0.1) is 19.3 Å². The number of carboxylic acid groups (broad SMARTS) is 1. The van der Waals surface area contributed by atoms with Crippen molar-refractivity contribution in [2.24, 2.45) is 0 Å². The second kappa shape index (κ2) is 6.55. The molecule has 1 aromatic carbocycles. The van der Waals surface area contributed by atoms with Gasteiger partial charge in [0.2, 0.25) is 0 Å². The second-order valence-electron chi connectivity index (χ2n) is 3.31. The molecule has 0 aliphatic rings. The predicted octanol–water partition coefficient (Wildman–Crippen LogP) is 3.03. The lowest BCUT2D eigenvalue weighted by Gasteiger charge is -2.11. The number of aromatic carboxylic acids is 1. The molecule has 0 amide bonds. The third-order valence-electron chi connectivity index (χ3n) is 2.02. The summed E-state index contributed by atoms with van der Waals surface area (Å²) in [7, 11) is 1.35. The van der Waals surface area contributed by atoms with Gasteiger partial charge in [-0.1, -0.05) is 0 Å². The van der Waals surface area contributed by atoms with Gasteiger partial charge in [0.25, 0.3) is 0 Å². The molecule has 19 heavy (non-hydrogen) atoms. The molecule has 1 aromatic rings. The number of hydrogen-bond donors (Lipinski definition) is 1. The smallest absolute Gasteiger partial charge is 0.441 e. The molecular weight excluding hydrogens is 285 g/mol. The van der Waals surface area contributed by atoms with Crippen molar-refractivity contribution in [2.75, 3.05) is 19.5 Å². The van der Waals surface area contributed by atoms with Gasteiger partial charge in [0.1, 0.15) is 0 Å². The zero-order valence-electron chi connectivity index (χ0n) is 9.86. The van der Waals surface area contributed by atoms with E-state index in [1.807, 2.05) is 0 Å². The van der Waals surface area contributed by atoms with Gasteiger partial charge in [-0.05, 0) is 30.0 Å². The summed E-state index contributed by atoms with van der Waals surface area (Å²) >= 11 is -0.205. The molecule has 8 heteroatoms. The number of hydrogen-bond acceptors (Lipinski definition) is 4. The van der Waals surface area contributed by atoms with Crippen molar-refractivity contribution in [3.63, 3.8) is 0 Å². The third-order valence-corrected chi connectivity index (χ3v) is 2.72. The maximum absolute atomic E-state index is 11.9. The fraction of sp³-hybridized carbons (Fsp3) is 0.364. The van der Waals surface area contributed by atoms with Crippen LogP contribution in [0.1, 0.15) is 10.4 Å². The lowest BCUT2D eigenvalue weighted by atomic mass is 10.2. The van der Waals surface area contributed by atoms with E-state index in [9.17, 15) is 18.0 Å². The molecule has 0 spiro atoms. The topological polar surface area (TPSA) is 55.8 Å². The Morgan fingerprint density at radius 2 is 2.05 bits per heavy atom. The number of carbonyl (C=O) groups is 1. The number of halogens is 3. The molecule has 106 valence electrons. The van der Waals surface area contributed by atoms with Crippen LogP contribution in [-0.4, -0.2) is 36.1 Å². The van der Waals surface area contributed by atoms with E-state index in [4.69, 9.17) is 14.6 Å². The van der Waals surface area contributed by atoms with Crippen LogP contribution < -0.4 is 9.47 Å². The lowest BCUT2D eigenvalue weighted by Crippen LogP contribution is -2.08. The van der Waals surface area contributed by atoms with Crippen LogP contribution in [-0.2, 0) is 0 Å². The van der Waals surface area contributed by atoms with Crippen LogP contribution in [0, 0.1) is 0 Å². The minimum atomic E-state index is -4.31. The predicted molar refractivity (Wildman–Crippen MR) is 64.0 cm³/mol. The van der Waals surface area contributed by atoms with E-state index in [-0.39, 0.29) is 41.2 Å². The number of carboxylic acids is 1. The molecule has 0 heterocycles. The van der Waals surface area contributed by atoms with Gasteiger partial charge in [0, 0.05) is 5.75 Å². The summed E-state index contributed by atoms with van der Waals surface area (Å²) in [5, 5.41) is 8.80. The number of rotatable bonds is 6. The Balaban J connectivity index is 2.65. The van der Waals surface area contributed by atoms with Gasteiger partial charge in [-0.15, -0.1) is 0 Å². The fourth-order valence-electron chi connectivity index (χ4n) is 1.23. The van der Waals surface area contributed by atoms with Gasteiger partial charge in [0.15, 0.2) is 11.5 Å². The zero-order valence-corrected chi connectivity index (χ0v) is 10.7. The summed E-state index contributed by atoms with van der Waals surface area (Å²) in [5.41, 5.74) is -4.34. The van der Waals surface area contributed by atoms with E-state index in [1.54, 1.807) is 0 Å². The lowest BCUT2D eigenvalue weighted by molar-refractivity contribution is -0.0329. The first kappa shape index (κ1) is 15.5. The number of benzene rings is 1. The molecule has 4 nitrogen and oxygen atoms in total. The van der Waals surface area contributed by atoms with Crippen LogP contribution in [0.4, 0.5) is 13.2 Å². The summed E-state index contributed by atoms with van der Waals surface area (Å²) in [6, 6.07) is 3.91. The van der Waals surface area contributed by atoms with Gasteiger partial charge in [-0.3, -0.25) is 0 Å². The molecule has 1 N–H and O–H groups in total. The maximum Gasteiger partial charge on any atom is 0.441 e. The Morgan fingerprint density at radius 1 is 1.37 bits per heavy atom. The van der Waals surface area contributed by atoms with E-state index < -0.39 is 11.5 Å². The summed E-state index contributed by atoms with van der Waals surface area (Å²) in [5.74, 6) is -1.08. The Bertz CT molecular complexity index is 448. The fourth-order valence-corrected chi connectivity index (χ4v) is 1.63. The first-order valence-electron chi connectivity index (χ1n) is 5.08. The van der Waals surface area contributed by atoms with E-state index >= 15 is 0 Å². The van der Waals surface area contributed by atoms with Crippen LogP contribution in [0.3, 0.4) is 0 Å². The highest BCUT2D eigenvalue weighted by Gasteiger charge is 2.27. The molecule has 0 aromatic heterocycles. The van der Waals surface area contributed by atoms with E-state index in [1.165, 1.54) is 25.3 Å². The van der Waals surface area contributed by atoms with E-state index in [0.717, 1.165) is 0 Å². The normalized spacial score (nSPS) is 11.2. The number of methoxy groups -OCH3 is 1. The summed E-state index contributed by atoms with van der Waals surface area (Å²) < 4.78 is 45.7. The summed E-state index contributed by atoms with van der Waals surface area (Å²) in [4.78, 5) is 10.8. The summed E-state index contributed by atoms with van der Waals surface area (Å²) in [6.45, 7) is -0.205. The average Bonchev–Trinajstić information content (AvgIpc) is 2.33. The van der Waals surface area contributed by atoms with E-state index in [0.29, 0.717) is 0 Å². The van der Waals surface area contributed by atoms with Gasteiger partial charge in [-0.25, -0.2) is 4.79 Å². The molecule has 0 radical (unpaired) electrons. The summed E-state index contributed by atoms with van der Waals surface area (Å²) in [6.07, 6.45) is 0. The average molecular weight is 296 g/mol. The van der Waals surface area contributed by atoms with Gasteiger partial charge >= 0.3 is 11.5 Å².